The second-order valence-electron chi connectivity index (χ2n) is 4.89. The Morgan fingerprint density at radius 3 is 2.71 bits per heavy atom. The molecule has 2 N–H and O–H groups in total. The van der Waals surface area contributed by atoms with Crippen molar-refractivity contribution in [2.45, 2.75) is 19.3 Å². The Morgan fingerprint density at radius 1 is 1.24 bits per heavy atom. The highest BCUT2D eigenvalue weighted by Gasteiger charge is 2.30. The molecule has 0 amide bonds. The maximum atomic E-state index is 9.55. The molecule has 1 aromatic rings. The van der Waals surface area contributed by atoms with Crippen molar-refractivity contribution in [2.24, 2.45) is 11.8 Å². The van der Waals surface area contributed by atoms with E-state index in [9.17, 15) is 10.2 Å². The minimum Gasteiger partial charge on any atom is -0.396 e. The predicted octanol–water partition coefficient (Wildman–Crippen LogP) is 2.26. The zero-order valence-electron chi connectivity index (χ0n) is 10.2. The Morgan fingerprint density at radius 2 is 2.06 bits per heavy atom. The molecular formula is C15H20O2. The fourth-order valence-corrected chi connectivity index (χ4v) is 2.72. The van der Waals surface area contributed by atoms with Crippen LogP contribution in [0.15, 0.2) is 36.4 Å². The van der Waals surface area contributed by atoms with Crippen LogP contribution in [0, 0.1) is 18.8 Å². The monoisotopic (exact) mass is 232 g/mol. The van der Waals surface area contributed by atoms with Gasteiger partial charge in [-0.15, -0.1) is 0 Å². The summed E-state index contributed by atoms with van der Waals surface area (Å²) in [7, 11) is 0. The lowest BCUT2D eigenvalue weighted by atomic mass is 9.73. The van der Waals surface area contributed by atoms with E-state index < -0.39 is 0 Å². The summed E-state index contributed by atoms with van der Waals surface area (Å²) in [5, 5.41) is 18.9. The number of allylic oxidation sites excluding steroid dienone is 2. The van der Waals surface area contributed by atoms with Gasteiger partial charge in [0.05, 0.1) is 0 Å². The summed E-state index contributed by atoms with van der Waals surface area (Å²) in [6, 6.07) is 8.39. The Hall–Kier alpha value is -1.12. The van der Waals surface area contributed by atoms with E-state index in [0.717, 1.165) is 6.42 Å². The van der Waals surface area contributed by atoms with E-state index in [2.05, 4.69) is 43.3 Å². The molecule has 0 spiro atoms. The molecule has 0 saturated heterocycles. The first-order valence-electron chi connectivity index (χ1n) is 6.21. The van der Waals surface area contributed by atoms with E-state index in [1.54, 1.807) is 0 Å². The number of hydrogen-bond acceptors (Lipinski definition) is 2. The summed E-state index contributed by atoms with van der Waals surface area (Å²) < 4.78 is 0. The van der Waals surface area contributed by atoms with Gasteiger partial charge >= 0.3 is 0 Å². The Labute approximate surface area is 103 Å². The fraction of sp³-hybridized carbons (Fsp3) is 0.467. The van der Waals surface area contributed by atoms with Crippen molar-refractivity contribution in [1.29, 1.82) is 0 Å². The van der Waals surface area contributed by atoms with Crippen LogP contribution >= 0.6 is 0 Å². The molecule has 0 bridgehead atoms. The molecule has 0 unspecified atom stereocenters. The second kappa shape index (κ2) is 5.48. The first-order chi connectivity index (χ1) is 8.26. The quantitative estimate of drug-likeness (QED) is 0.785. The lowest BCUT2D eigenvalue weighted by molar-refractivity contribution is 0.107. The maximum Gasteiger partial charge on any atom is 0.0471 e. The highest BCUT2D eigenvalue weighted by atomic mass is 16.3. The number of benzene rings is 1. The van der Waals surface area contributed by atoms with Crippen molar-refractivity contribution in [2.75, 3.05) is 13.2 Å². The Bertz CT molecular complexity index is 398. The fourth-order valence-electron chi connectivity index (χ4n) is 2.72. The van der Waals surface area contributed by atoms with Crippen molar-refractivity contribution in [3.63, 3.8) is 0 Å². The zero-order chi connectivity index (χ0) is 12.3. The molecule has 92 valence electrons. The molecule has 3 atom stereocenters. The summed E-state index contributed by atoms with van der Waals surface area (Å²) in [6.07, 6.45) is 5.16. The summed E-state index contributed by atoms with van der Waals surface area (Å²) in [5.41, 5.74) is 2.47. The smallest absolute Gasteiger partial charge is 0.0471 e. The summed E-state index contributed by atoms with van der Waals surface area (Å²) in [6.45, 7) is 2.36. The number of aliphatic hydroxyl groups excluding tert-OH is 2. The van der Waals surface area contributed by atoms with Crippen LogP contribution in [0.2, 0.25) is 0 Å². The Balaban J connectivity index is 2.30. The predicted molar refractivity (Wildman–Crippen MR) is 68.8 cm³/mol. The third kappa shape index (κ3) is 2.59. The van der Waals surface area contributed by atoms with E-state index in [1.807, 2.05) is 0 Å². The van der Waals surface area contributed by atoms with Crippen molar-refractivity contribution in [3.05, 3.63) is 47.5 Å². The van der Waals surface area contributed by atoms with E-state index >= 15 is 0 Å². The molecule has 2 heteroatoms. The van der Waals surface area contributed by atoms with Crippen LogP contribution in [0.4, 0.5) is 0 Å². The van der Waals surface area contributed by atoms with Gasteiger partial charge in [-0.1, -0.05) is 42.0 Å². The lowest BCUT2D eigenvalue weighted by Crippen LogP contribution is -2.29. The largest absolute Gasteiger partial charge is 0.396 e. The molecule has 17 heavy (non-hydrogen) atoms. The maximum absolute atomic E-state index is 9.55. The zero-order valence-corrected chi connectivity index (χ0v) is 10.2. The highest BCUT2D eigenvalue weighted by molar-refractivity contribution is 5.30. The van der Waals surface area contributed by atoms with Gasteiger partial charge in [0.1, 0.15) is 0 Å². The van der Waals surface area contributed by atoms with Gasteiger partial charge in [0.2, 0.25) is 0 Å². The molecule has 0 aromatic heterocycles. The van der Waals surface area contributed by atoms with Crippen LogP contribution in [-0.2, 0) is 0 Å². The molecule has 0 saturated carbocycles. The molecule has 0 heterocycles. The first-order valence-corrected chi connectivity index (χ1v) is 6.21. The molecular weight excluding hydrogens is 212 g/mol. The van der Waals surface area contributed by atoms with Crippen LogP contribution in [-0.4, -0.2) is 23.4 Å². The summed E-state index contributed by atoms with van der Waals surface area (Å²) in [5.74, 6) is 0.535. The van der Waals surface area contributed by atoms with E-state index in [4.69, 9.17) is 0 Å². The number of aliphatic hydroxyl groups is 2. The van der Waals surface area contributed by atoms with E-state index in [-0.39, 0.29) is 31.0 Å². The molecule has 1 aliphatic rings. The van der Waals surface area contributed by atoms with Gasteiger partial charge in [-0.05, 0) is 30.7 Å². The van der Waals surface area contributed by atoms with Crippen LogP contribution in [0.25, 0.3) is 0 Å². The van der Waals surface area contributed by atoms with Gasteiger partial charge in [-0.25, -0.2) is 0 Å². The normalized spacial score (nSPS) is 28.3. The van der Waals surface area contributed by atoms with Gasteiger partial charge < -0.3 is 10.2 Å². The molecule has 2 rings (SSSR count). The summed E-state index contributed by atoms with van der Waals surface area (Å²) >= 11 is 0. The number of aryl methyl sites for hydroxylation is 1. The van der Waals surface area contributed by atoms with Crippen LogP contribution in [0.3, 0.4) is 0 Å². The standard InChI is InChI=1S/C15H20O2/c1-11-4-2-5-12(8-11)14-7-3-6-13(9-16)15(14)10-17/h2-5,7-8,13-17H,6,9-10H2,1H3/t13-,14-,15-/m1/s1. The molecule has 1 aliphatic carbocycles. The van der Waals surface area contributed by atoms with Gasteiger partial charge in [0.25, 0.3) is 0 Å². The van der Waals surface area contributed by atoms with Crippen molar-refractivity contribution >= 4 is 0 Å². The van der Waals surface area contributed by atoms with Gasteiger partial charge in [-0.2, -0.15) is 0 Å². The highest BCUT2D eigenvalue weighted by Crippen LogP contribution is 2.37. The molecule has 1 aromatic carbocycles. The van der Waals surface area contributed by atoms with Gasteiger partial charge in [-0.3, -0.25) is 0 Å². The first kappa shape index (κ1) is 12.3. The van der Waals surface area contributed by atoms with Crippen molar-refractivity contribution < 1.29 is 10.2 Å². The topological polar surface area (TPSA) is 40.5 Å². The lowest BCUT2D eigenvalue weighted by Gasteiger charge is -2.33. The second-order valence-corrected chi connectivity index (χ2v) is 4.89. The third-order valence-corrected chi connectivity index (χ3v) is 3.72. The molecule has 2 nitrogen and oxygen atoms in total. The van der Waals surface area contributed by atoms with Gasteiger partial charge in [0, 0.05) is 19.1 Å². The number of hydrogen-bond donors (Lipinski definition) is 2. The molecule has 0 radical (unpaired) electrons. The Kier molecular flexibility index (Phi) is 3.97. The van der Waals surface area contributed by atoms with Crippen LogP contribution in [0.1, 0.15) is 23.5 Å². The van der Waals surface area contributed by atoms with Crippen molar-refractivity contribution in [1.82, 2.24) is 0 Å². The average Bonchev–Trinajstić information content (AvgIpc) is 2.37. The SMILES string of the molecule is Cc1cccc([C@H]2C=CC[C@H](CO)[C@H]2CO)c1. The van der Waals surface area contributed by atoms with Crippen LogP contribution in [0.5, 0.6) is 0 Å². The van der Waals surface area contributed by atoms with E-state index in [1.165, 1.54) is 11.1 Å². The third-order valence-electron chi connectivity index (χ3n) is 3.72. The van der Waals surface area contributed by atoms with E-state index in [0.29, 0.717) is 0 Å². The van der Waals surface area contributed by atoms with Gasteiger partial charge in [0.15, 0.2) is 0 Å². The van der Waals surface area contributed by atoms with Crippen LogP contribution < -0.4 is 0 Å². The molecule has 0 fully saturated rings. The minimum atomic E-state index is 0.131. The summed E-state index contributed by atoms with van der Waals surface area (Å²) in [4.78, 5) is 0. The average molecular weight is 232 g/mol. The molecule has 0 aliphatic heterocycles. The number of rotatable bonds is 3. The van der Waals surface area contributed by atoms with Crippen molar-refractivity contribution in [3.8, 4) is 0 Å². The minimum absolute atomic E-state index is 0.131.